The zero-order valence-electron chi connectivity index (χ0n) is 10.4. The van der Waals surface area contributed by atoms with E-state index in [1.54, 1.807) is 0 Å². The van der Waals surface area contributed by atoms with Crippen molar-refractivity contribution in [2.45, 2.75) is 31.1 Å². The molecule has 0 heterocycles. The van der Waals surface area contributed by atoms with Crippen LogP contribution in [-0.4, -0.2) is 11.8 Å². The van der Waals surface area contributed by atoms with Gasteiger partial charge in [0.1, 0.15) is 0 Å². The molecule has 100 valence electrons. The molecule has 0 aromatic heterocycles. The molecular weight excluding hydrogens is 308 g/mol. The number of carbonyl (C=O) groups excluding carboxylic acids is 2. The first-order chi connectivity index (χ1) is 9.12. The molecule has 0 unspecified atom stereocenters. The van der Waals surface area contributed by atoms with E-state index < -0.39 is 5.41 Å². The fourth-order valence-corrected chi connectivity index (χ4v) is 2.49. The Kier molecular flexibility index (Phi) is 3.09. The Morgan fingerprint density at radius 3 is 2.26 bits per heavy atom. The predicted octanol–water partition coefficient (Wildman–Crippen LogP) is 2.04. The van der Waals surface area contributed by atoms with Crippen LogP contribution in [0.15, 0.2) is 28.7 Å². The number of benzene rings is 1. The first-order valence-corrected chi connectivity index (χ1v) is 7.27. The molecule has 0 spiro atoms. The van der Waals surface area contributed by atoms with E-state index in [1.807, 2.05) is 24.3 Å². The molecular formula is C14H15BrN2O2. The highest BCUT2D eigenvalue weighted by Gasteiger charge is 2.51. The maximum absolute atomic E-state index is 12.2. The summed E-state index contributed by atoms with van der Waals surface area (Å²) in [5.41, 5.74) is 5.65. The monoisotopic (exact) mass is 322 g/mol. The summed E-state index contributed by atoms with van der Waals surface area (Å²) in [6.45, 7) is 0. The van der Waals surface area contributed by atoms with Gasteiger partial charge in [-0.15, -0.1) is 0 Å². The van der Waals surface area contributed by atoms with Crippen molar-refractivity contribution in [3.8, 4) is 0 Å². The minimum atomic E-state index is -0.447. The van der Waals surface area contributed by atoms with E-state index >= 15 is 0 Å². The third-order valence-electron chi connectivity index (χ3n) is 3.83. The number of nitrogens with one attached hydrogen (secondary N) is 2. The lowest BCUT2D eigenvalue weighted by molar-refractivity contribution is -0.130. The van der Waals surface area contributed by atoms with Crippen molar-refractivity contribution in [1.29, 1.82) is 0 Å². The molecule has 2 fully saturated rings. The molecule has 3 rings (SSSR count). The third kappa shape index (κ3) is 2.52. The molecule has 0 saturated heterocycles. The Morgan fingerprint density at radius 1 is 1.11 bits per heavy atom. The average Bonchev–Trinajstić information content (AvgIpc) is 3.29. The number of hydrazine groups is 1. The van der Waals surface area contributed by atoms with Gasteiger partial charge in [-0.1, -0.05) is 28.1 Å². The van der Waals surface area contributed by atoms with Gasteiger partial charge in [0.15, 0.2) is 0 Å². The summed E-state index contributed by atoms with van der Waals surface area (Å²) in [7, 11) is 0. The summed E-state index contributed by atoms with van der Waals surface area (Å²) in [5.74, 6) is -0.0769. The largest absolute Gasteiger partial charge is 0.273 e. The predicted molar refractivity (Wildman–Crippen MR) is 74.1 cm³/mol. The van der Waals surface area contributed by atoms with Crippen LogP contribution in [0, 0.1) is 5.92 Å². The summed E-state index contributed by atoms with van der Waals surface area (Å²) in [6.07, 6.45) is 3.53. The van der Waals surface area contributed by atoms with Crippen LogP contribution in [-0.2, 0) is 15.0 Å². The summed E-state index contributed by atoms with van der Waals surface area (Å²) >= 11 is 3.38. The molecule has 5 heteroatoms. The molecule has 4 nitrogen and oxygen atoms in total. The molecule has 0 aliphatic heterocycles. The summed E-state index contributed by atoms with van der Waals surface area (Å²) < 4.78 is 0.995. The molecule has 1 aromatic carbocycles. The average molecular weight is 323 g/mol. The van der Waals surface area contributed by atoms with Crippen LogP contribution < -0.4 is 10.9 Å². The zero-order chi connectivity index (χ0) is 13.5. The SMILES string of the molecule is O=C(NNC(=O)C1(c2ccc(Br)cc2)CC1)C1CC1. The van der Waals surface area contributed by atoms with Gasteiger partial charge in [0, 0.05) is 10.4 Å². The van der Waals surface area contributed by atoms with Gasteiger partial charge >= 0.3 is 0 Å². The smallest absolute Gasteiger partial charge is 0.249 e. The molecule has 2 amide bonds. The van der Waals surface area contributed by atoms with E-state index in [0.29, 0.717) is 0 Å². The molecule has 1 aromatic rings. The van der Waals surface area contributed by atoms with Crippen LogP contribution in [0.5, 0.6) is 0 Å². The number of amides is 2. The highest BCUT2D eigenvalue weighted by molar-refractivity contribution is 9.10. The molecule has 2 N–H and O–H groups in total. The van der Waals surface area contributed by atoms with Gasteiger partial charge in [-0.25, -0.2) is 0 Å². The minimum Gasteiger partial charge on any atom is -0.273 e. The van der Waals surface area contributed by atoms with Gasteiger partial charge < -0.3 is 0 Å². The van der Waals surface area contributed by atoms with E-state index in [0.717, 1.165) is 35.7 Å². The highest BCUT2D eigenvalue weighted by atomic mass is 79.9. The minimum absolute atomic E-state index is 0.0695. The van der Waals surface area contributed by atoms with Gasteiger partial charge in [0.05, 0.1) is 5.41 Å². The third-order valence-corrected chi connectivity index (χ3v) is 4.36. The topological polar surface area (TPSA) is 58.2 Å². The fourth-order valence-electron chi connectivity index (χ4n) is 2.23. The molecule has 0 bridgehead atoms. The van der Waals surface area contributed by atoms with Crippen molar-refractivity contribution in [3.63, 3.8) is 0 Å². The standard InChI is InChI=1S/C14H15BrN2O2/c15-11-5-3-10(4-6-11)14(7-8-14)13(19)17-16-12(18)9-1-2-9/h3-6,9H,1-2,7-8H2,(H,16,18)(H,17,19). The van der Waals surface area contributed by atoms with Gasteiger partial charge in [-0.3, -0.25) is 20.4 Å². The van der Waals surface area contributed by atoms with Crippen molar-refractivity contribution in [2.75, 3.05) is 0 Å². The van der Waals surface area contributed by atoms with Crippen molar-refractivity contribution < 1.29 is 9.59 Å². The van der Waals surface area contributed by atoms with Crippen LogP contribution in [0.2, 0.25) is 0 Å². The molecule has 2 saturated carbocycles. The second-order valence-electron chi connectivity index (χ2n) is 5.31. The van der Waals surface area contributed by atoms with E-state index in [9.17, 15) is 9.59 Å². The van der Waals surface area contributed by atoms with Crippen LogP contribution in [0.25, 0.3) is 0 Å². The zero-order valence-corrected chi connectivity index (χ0v) is 12.0. The number of hydrogen-bond donors (Lipinski definition) is 2. The Morgan fingerprint density at radius 2 is 1.74 bits per heavy atom. The van der Waals surface area contributed by atoms with Crippen molar-refractivity contribution >= 4 is 27.7 Å². The van der Waals surface area contributed by atoms with E-state index in [2.05, 4.69) is 26.8 Å². The highest BCUT2D eigenvalue weighted by Crippen LogP contribution is 2.48. The van der Waals surface area contributed by atoms with E-state index in [-0.39, 0.29) is 17.7 Å². The first kappa shape index (κ1) is 12.7. The van der Waals surface area contributed by atoms with Crippen molar-refractivity contribution in [3.05, 3.63) is 34.3 Å². The lowest BCUT2D eigenvalue weighted by atomic mass is 9.95. The van der Waals surface area contributed by atoms with Crippen LogP contribution in [0.4, 0.5) is 0 Å². The Labute approximate surface area is 120 Å². The Bertz CT molecular complexity index is 519. The lowest BCUT2D eigenvalue weighted by Gasteiger charge is -2.16. The fraction of sp³-hybridized carbons (Fsp3) is 0.429. The second kappa shape index (κ2) is 4.63. The molecule has 0 radical (unpaired) electrons. The van der Waals surface area contributed by atoms with E-state index in [1.165, 1.54) is 0 Å². The molecule has 0 atom stereocenters. The first-order valence-electron chi connectivity index (χ1n) is 6.48. The normalized spacial score (nSPS) is 19.6. The Hall–Kier alpha value is -1.36. The van der Waals surface area contributed by atoms with Gasteiger partial charge in [0.2, 0.25) is 11.8 Å². The number of carbonyl (C=O) groups is 2. The molecule has 2 aliphatic rings. The number of hydrogen-bond acceptors (Lipinski definition) is 2. The Balaban J connectivity index is 1.65. The summed E-state index contributed by atoms with van der Waals surface area (Å²) in [5, 5.41) is 0. The maximum Gasteiger partial charge on any atom is 0.249 e. The molecule has 19 heavy (non-hydrogen) atoms. The summed E-state index contributed by atoms with van der Waals surface area (Å²) in [4.78, 5) is 23.7. The lowest BCUT2D eigenvalue weighted by Crippen LogP contribution is -2.47. The van der Waals surface area contributed by atoms with Crippen LogP contribution in [0.1, 0.15) is 31.2 Å². The van der Waals surface area contributed by atoms with Crippen molar-refractivity contribution in [2.24, 2.45) is 5.92 Å². The van der Waals surface area contributed by atoms with Gasteiger partial charge in [0.25, 0.3) is 0 Å². The summed E-state index contributed by atoms with van der Waals surface area (Å²) in [6, 6.07) is 7.79. The number of rotatable bonds is 3. The maximum atomic E-state index is 12.2. The second-order valence-corrected chi connectivity index (χ2v) is 6.22. The van der Waals surface area contributed by atoms with Crippen molar-refractivity contribution in [1.82, 2.24) is 10.9 Å². The molecule has 2 aliphatic carbocycles. The van der Waals surface area contributed by atoms with Crippen LogP contribution >= 0.6 is 15.9 Å². The van der Waals surface area contributed by atoms with Crippen LogP contribution in [0.3, 0.4) is 0 Å². The number of halogens is 1. The van der Waals surface area contributed by atoms with Gasteiger partial charge in [-0.05, 0) is 43.4 Å². The quantitative estimate of drug-likeness (QED) is 0.837. The van der Waals surface area contributed by atoms with E-state index in [4.69, 9.17) is 0 Å². The van der Waals surface area contributed by atoms with Gasteiger partial charge in [-0.2, -0.15) is 0 Å².